The molecular weight excluding hydrogens is 813 g/mol. The summed E-state index contributed by atoms with van der Waals surface area (Å²) in [5, 5.41) is 9.36. The van der Waals surface area contributed by atoms with Crippen LogP contribution >= 0.6 is 11.3 Å². The van der Waals surface area contributed by atoms with Gasteiger partial charge in [-0.25, -0.2) is 0 Å². The summed E-state index contributed by atoms with van der Waals surface area (Å²) in [6.07, 6.45) is 0. The van der Waals surface area contributed by atoms with Gasteiger partial charge in [0.25, 0.3) is 0 Å². The van der Waals surface area contributed by atoms with Crippen LogP contribution in [0.4, 0.5) is 17.1 Å². The van der Waals surface area contributed by atoms with Crippen LogP contribution in [-0.2, 0) is 0 Å². The van der Waals surface area contributed by atoms with E-state index in [0.29, 0.717) is 0 Å². The van der Waals surface area contributed by atoms with Gasteiger partial charge in [-0.2, -0.15) is 0 Å². The fraction of sp³-hybridized carbons (Fsp3) is 0. The summed E-state index contributed by atoms with van der Waals surface area (Å²) in [5.41, 5.74) is 14.3. The molecule has 4 nitrogen and oxygen atoms in total. The van der Waals surface area contributed by atoms with E-state index < -0.39 is 0 Å². The third-order valence-electron chi connectivity index (χ3n) is 13.2. The lowest BCUT2D eigenvalue weighted by atomic mass is 9.97. The van der Waals surface area contributed by atoms with Crippen LogP contribution in [0.5, 0.6) is 0 Å². The summed E-state index contributed by atoms with van der Waals surface area (Å²) in [6, 6.07) is 78.6. The van der Waals surface area contributed by atoms with Gasteiger partial charge in [0.15, 0.2) is 0 Å². The molecule has 14 aromatic rings. The van der Waals surface area contributed by atoms with Gasteiger partial charge in [0.05, 0.1) is 16.7 Å². The molecule has 0 amide bonds. The van der Waals surface area contributed by atoms with Gasteiger partial charge in [-0.05, 0) is 96.1 Å². The third-order valence-corrected chi connectivity index (χ3v) is 14.3. The van der Waals surface area contributed by atoms with Crippen LogP contribution in [0.15, 0.2) is 227 Å². The smallest absolute Gasteiger partial charge is 0.143 e. The first kappa shape index (κ1) is 36.1. The van der Waals surface area contributed by atoms with E-state index in [1.807, 2.05) is 29.5 Å². The topological polar surface area (TPSA) is 34.5 Å². The summed E-state index contributed by atoms with van der Waals surface area (Å²) in [4.78, 5) is 2.40. The molecule has 0 saturated carbocycles. The molecule has 65 heavy (non-hydrogen) atoms. The second-order valence-electron chi connectivity index (χ2n) is 16.8. The molecule has 4 heterocycles. The maximum atomic E-state index is 6.82. The molecule has 0 N–H and O–H groups in total. The van der Waals surface area contributed by atoms with E-state index in [1.165, 1.54) is 42.0 Å². The fourth-order valence-corrected chi connectivity index (χ4v) is 11.3. The van der Waals surface area contributed by atoms with Crippen molar-refractivity contribution >= 4 is 114 Å². The number of rotatable bonds is 6. The van der Waals surface area contributed by atoms with E-state index in [0.717, 1.165) is 88.9 Å². The molecule has 0 unspecified atom stereocenters. The van der Waals surface area contributed by atoms with Gasteiger partial charge in [0.1, 0.15) is 22.3 Å². The third kappa shape index (κ3) is 5.56. The van der Waals surface area contributed by atoms with Crippen molar-refractivity contribution in [2.75, 3.05) is 4.90 Å². The minimum Gasteiger partial charge on any atom is -0.456 e. The summed E-state index contributed by atoms with van der Waals surface area (Å²) < 4.78 is 18.3. The lowest BCUT2D eigenvalue weighted by Gasteiger charge is -2.28. The molecule has 0 saturated heterocycles. The van der Waals surface area contributed by atoms with Crippen LogP contribution in [-0.4, -0.2) is 4.57 Å². The minimum atomic E-state index is 0.841. The number of benzene rings is 10. The maximum Gasteiger partial charge on any atom is 0.143 e. The number of aromatic nitrogens is 1. The van der Waals surface area contributed by atoms with Crippen molar-refractivity contribution < 1.29 is 8.83 Å². The van der Waals surface area contributed by atoms with E-state index in [2.05, 4.69) is 210 Å². The zero-order valence-corrected chi connectivity index (χ0v) is 35.7. The Kier molecular flexibility index (Phi) is 7.82. The Morgan fingerprint density at radius 1 is 0.354 bits per heavy atom. The first-order valence-corrected chi connectivity index (χ1v) is 22.8. The number of para-hydroxylation sites is 5. The molecule has 0 spiro atoms. The van der Waals surface area contributed by atoms with Gasteiger partial charge in [-0.1, -0.05) is 127 Å². The number of anilines is 3. The normalized spacial score (nSPS) is 12.0. The van der Waals surface area contributed by atoms with E-state index in [4.69, 9.17) is 8.83 Å². The van der Waals surface area contributed by atoms with E-state index in [-0.39, 0.29) is 0 Å². The lowest BCUT2D eigenvalue weighted by Crippen LogP contribution is -2.11. The van der Waals surface area contributed by atoms with Crippen LogP contribution in [0.1, 0.15) is 0 Å². The molecular formula is C60H36N2O2S. The quantitative estimate of drug-likeness (QED) is 0.167. The van der Waals surface area contributed by atoms with Crippen molar-refractivity contribution in [3.8, 4) is 27.9 Å². The van der Waals surface area contributed by atoms with Crippen LogP contribution in [0, 0.1) is 0 Å². The van der Waals surface area contributed by atoms with E-state index >= 15 is 0 Å². The van der Waals surface area contributed by atoms with Crippen molar-refractivity contribution in [1.29, 1.82) is 0 Å². The number of fused-ring (bicyclic) bond motifs is 12. The second kappa shape index (κ2) is 14.1. The number of hydrogen-bond acceptors (Lipinski definition) is 4. The highest BCUT2D eigenvalue weighted by Gasteiger charge is 2.23. The highest BCUT2D eigenvalue weighted by atomic mass is 32.1. The molecule has 0 fully saturated rings. The Morgan fingerprint density at radius 3 is 1.74 bits per heavy atom. The van der Waals surface area contributed by atoms with Crippen LogP contribution < -0.4 is 4.90 Å². The highest BCUT2D eigenvalue weighted by molar-refractivity contribution is 7.25. The molecule has 5 heteroatoms. The Labute approximate surface area is 377 Å². The fourth-order valence-electron chi connectivity index (χ4n) is 10.2. The zero-order chi connectivity index (χ0) is 42.6. The predicted octanol–water partition coefficient (Wildman–Crippen LogP) is 17.8. The molecule has 0 aliphatic rings. The summed E-state index contributed by atoms with van der Waals surface area (Å²) in [6.45, 7) is 0. The predicted molar refractivity (Wildman–Crippen MR) is 274 cm³/mol. The van der Waals surface area contributed by atoms with Gasteiger partial charge in [0, 0.05) is 86.7 Å². The Morgan fingerprint density at radius 2 is 0.954 bits per heavy atom. The van der Waals surface area contributed by atoms with E-state index in [9.17, 15) is 0 Å². The van der Waals surface area contributed by atoms with Crippen molar-refractivity contribution in [1.82, 2.24) is 4.57 Å². The molecule has 304 valence electrons. The standard InChI is InChI=1S/C60H36N2O2S/c1-7-19-52(42(13-1)38-27-32-59-50(33-38)48-18-6-12-24-58(48)65-59)61(40-30-31-47-45-16-4-10-22-55(45)63-57(47)36-40)41-34-49(60-51(35-41)46-17-5-11-23-56(46)64-60)37-25-28-39(29-26-37)62-53-20-8-2-14-43(53)44-15-3-9-21-54(44)62/h1-36H. The maximum absolute atomic E-state index is 6.82. The number of furan rings is 2. The number of nitrogens with zero attached hydrogens (tertiary/aromatic N) is 2. The van der Waals surface area contributed by atoms with Gasteiger partial charge in [-0.15, -0.1) is 11.3 Å². The van der Waals surface area contributed by atoms with Crippen molar-refractivity contribution in [2.24, 2.45) is 0 Å². The molecule has 0 radical (unpaired) electrons. The SMILES string of the molecule is c1ccc(N(c2ccc3c(c2)oc2ccccc23)c2cc(-c3ccc(-n4c5ccccc5c5ccccc54)cc3)c3oc4ccccc4c3c2)c(-c2ccc3sc4ccccc4c3c2)c1. The second-order valence-corrected chi connectivity index (χ2v) is 17.9. The Hall–Kier alpha value is -8.38. The first-order chi connectivity index (χ1) is 32.2. The van der Waals surface area contributed by atoms with Gasteiger partial charge in [0.2, 0.25) is 0 Å². The largest absolute Gasteiger partial charge is 0.456 e. The monoisotopic (exact) mass is 848 g/mol. The Bertz CT molecular complexity index is 4150. The Balaban J connectivity index is 1.00. The van der Waals surface area contributed by atoms with Crippen LogP contribution in [0.25, 0.3) is 114 Å². The molecule has 0 aliphatic carbocycles. The molecule has 14 rings (SSSR count). The minimum absolute atomic E-state index is 0.841. The average Bonchev–Trinajstić information content (AvgIpc) is 4.13. The average molecular weight is 849 g/mol. The summed E-state index contributed by atoms with van der Waals surface area (Å²) in [5.74, 6) is 0. The number of hydrogen-bond donors (Lipinski definition) is 0. The van der Waals surface area contributed by atoms with Crippen molar-refractivity contribution in [3.63, 3.8) is 0 Å². The van der Waals surface area contributed by atoms with Gasteiger partial charge >= 0.3 is 0 Å². The first-order valence-electron chi connectivity index (χ1n) is 22.0. The van der Waals surface area contributed by atoms with Gasteiger partial charge < -0.3 is 18.3 Å². The molecule has 0 aliphatic heterocycles. The summed E-state index contributed by atoms with van der Waals surface area (Å²) in [7, 11) is 0. The van der Waals surface area contributed by atoms with Gasteiger partial charge in [-0.3, -0.25) is 0 Å². The van der Waals surface area contributed by atoms with Crippen molar-refractivity contribution in [2.45, 2.75) is 0 Å². The molecule has 4 aromatic heterocycles. The highest BCUT2D eigenvalue weighted by Crippen LogP contribution is 2.48. The van der Waals surface area contributed by atoms with Crippen molar-refractivity contribution in [3.05, 3.63) is 218 Å². The summed E-state index contributed by atoms with van der Waals surface area (Å²) >= 11 is 1.84. The lowest BCUT2D eigenvalue weighted by molar-refractivity contribution is 0.668. The molecule has 0 atom stereocenters. The molecule has 10 aromatic carbocycles. The van der Waals surface area contributed by atoms with Crippen LogP contribution in [0.2, 0.25) is 0 Å². The van der Waals surface area contributed by atoms with E-state index in [1.54, 1.807) is 0 Å². The number of thiophene rings is 1. The van der Waals surface area contributed by atoms with Crippen LogP contribution in [0.3, 0.4) is 0 Å². The molecule has 0 bridgehead atoms. The zero-order valence-electron chi connectivity index (χ0n) is 34.9.